The smallest absolute Gasteiger partial charge is 0.310 e. The van der Waals surface area contributed by atoms with E-state index in [1.54, 1.807) is 18.2 Å². The van der Waals surface area contributed by atoms with Crippen molar-refractivity contribution in [3.05, 3.63) is 18.2 Å². The number of rotatable bonds is 7. The van der Waals surface area contributed by atoms with Gasteiger partial charge >= 0.3 is 5.97 Å². The van der Waals surface area contributed by atoms with Gasteiger partial charge in [-0.3, -0.25) is 14.4 Å². The van der Waals surface area contributed by atoms with Crippen LogP contribution in [0.3, 0.4) is 0 Å². The second-order valence-electron chi connectivity index (χ2n) is 7.90. The number of carboxylic acids is 1. The minimum absolute atomic E-state index is 0.00532. The molecule has 7 heteroatoms. The monoisotopic (exact) mass is 388 g/mol. The molecule has 2 aliphatic carbocycles. The van der Waals surface area contributed by atoms with E-state index < -0.39 is 11.4 Å². The maximum Gasteiger partial charge on any atom is 0.310 e. The van der Waals surface area contributed by atoms with E-state index in [9.17, 15) is 19.5 Å². The van der Waals surface area contributed by atoms with Gasteiger partial charge in [-0.05, 0) is 43.9 Å². The summed E-state index contributed by atoms with van der Waals surface area (Å²) in [6, 6.07) is 5.02. The van der Waals surface area contributed by atoms with E-state index in [0.29, 0.717) is 30.0 Å². The van der Waals surface area contributed by atoms with Gasteiger partial charge in [-0.2, -0.15) is 0 Å². The molecule has 0 saturated heterocycles. The molecule has 7 nitrogen and oxygen atoms in total. The number of carbonyl (C=O) groups is 3. The van der Waals surface area contributed by atoms with E-state index in [1.165, 1.54) is 13.5 Å². The molecule has 0 radical (unpaired) electrons. The Hall–Kier alpha value is -2.57. The van der Waals surface area contributed by atoms with Gasteiger partial charge in [0.15, 0.2) is 0 Å². The number of hydrogen-bond donors (Lipinski definition) is 3. The van der Waals surface area contributed by atoms with Crippen molar-refractivity contribution >= 4 is 29.2 Å². The zero-order chi connectivity index (χ0) is 20.1. The fraction of sp³-hybridized carbons (Fsp3) is 0.571. The minimum atomic E-state index is -0.936. The first-order valence-corrected chi connectivity index (χ1v) is 9.96. The van der Waals surface area contributed by atoms with Gasteiger partial charge in [0.25, 0.3) is 0 Å². The Morgan fingerprint density at radius 1 is 1.11 bits per heavy atom. The molecule has 3 rings (SSSR count). The third kappa shape index (κ3) is 4.46. The minimum Gasteiger partial charge on any atom is -0.495 e. The lowest BCUT2D eigenvalue weighted by Crippen LogP contribution is -2.41. The van der Waals surface area contributed by atoms with Gasteiger partial charge in [0.2, 0.25) is 11.8 Å². The van der Waals surface area contributed by atoms with E-state index in [2.05, 4.69) is 10.6 Å². The van der Waals surface area contributed by atoms with Crippen LogP contribution >= 0.6 is 0 Å². The number of aliphatic carboxylic acids is 1. The number of methoxy groups -OCH3 is 1. The Bertz CT molecular complexity index is 751. The molecule has 2 saturated carbocycles. The summed E-state index contributed by atoms with van der Waals surface area (Å²) in [5.74, 6) is -0.754. The summed E-state index contributed by atoms with van der Waals surface area (Å²) in [6.45, 7) is 0. The van der Waals surface area contributed by atoms with Crippen LogP contribution in [0.4, 0.5) is 11.4 Å². The number of benzene rings is 1. The average molecular weight is 388 g/mol. The third-order valence-corrected chi connectivity index (χ3v) is 5.98. The Labute approximate surface area is 164 Å². The second kappa shape index (κ2) is 8.63. The number of nitrogens with one attached hydrogen (secondary N) is 2. The Morgan fingerprint density at radius 3 is 2.39 bits per heavy atom. The normalized spacial score (nSPS) is 18.6. The van der Waals surface area contributed by atoms with E-state index in [1.807, 2.05) is 0 Å². The first-order chi connectivity index (χ1) is 13.4. The quantitative estimate of drug-likeness (QED) is 0.659. The second-order valence-corrected chi connectivity index (χ2v) is 7.90. The molecule has 1 aromatic carbocycles. The molecule has 2 amide bonds. The zero-order valence-electron chi connectivity index (χ0n) is 16.3. The molecule has 0 aliphatic heterocycles. The predicted octanol–water partition coefficient (Wildman–Crippen LogP) is 3.80. The molecular weight excluding hydrogens is 360 g/mol. The van der Waals surface area contributed by atoms with E-state index in [0.717, 1.165) is 32.1 Å². The summed E-state index contributed by atoms with van der Waals surface area (Å²) >= 11 is 0. The molecule has 2 fully saturated rings. The van der Waals surface area contributed by atoms with Crippen LogP contribution in [0.15, 0.2) is 18.2 Å². The van der Waals surface area contributed by atoms with Crippen molar-refractivity contribution in [1.82, 2.24) is 0 Å². The van der Waals surface area contributed by atoms with E-state index in [-0.39, 0.29) is 24.2 Å². The number of carboxylic acid groups (broad SMARTS) is 1. The highest BCUT2D eigenvalue weighted by Gasteiger charge is 2.45. The molecule has 3 N–H and O–H groups in total. The Balaban J connectivity index is 1.67. The first-order valence-electron chi connectivity index (χ1n) is 9.96. The van der Waals surface area contributed by atoms with Crippen molar-refractivity contribution in [2.24, 2.45) is 11.3 Å². The highest BCUT2D eigenvalue weighted by molar-refractivity contribution is 5.97. The molecular formula is C21H28N2O5. The van der Waals surface area contributed by atoms with Crippen molar-refractivity contribution in [3.63, 3.8) is 0 Å². The molecule has 2 aliphatic rings. The molecule has 0 atom stereocenters. The summed E-state index contributed by atoms with van der Waals surface area (Å²) in [6.07, 6.45) is 6.93. The highest BCUT2D eigenvalue weighted by Crippen LogP contribution is 2.44. The number of ether oxygens (including phenoxy) is 1. The fourth-order valence-electron chi connectivity index (χ4n) is 4.07. The molecule has 0 unspecified atom stereocenters. The van der Waals surface area contributed by atoms with Gasteiger partial charge in [0.1, 0.15) is 5.75 Å². The van der Waals surface area contributed by atoms with Crippen LogP contribution in [-0.2, 0) is 14.4 Å². The molecule has 28 heavy (non-hydrogen) atoms. The van der Waals surface area contributed by atoms with Crippen LogP contribution in [0.5, 0.6) is 5.75 Å². The lowest BCUT2D eigenvalue weighted by molar-refractivity contribution is -0.157. The number of hydrogen-bond acceptors (Lipinski definition) is 4. The SMILES string of the molecule is COc1ccc(NC(=O)CC2(C(=O)O)CCC2)cc1NC(=O)C1CCCCC1. The van der Waals surface area contributed by atoms with Crippen LogP contribution in [0.2, 0.25) is 0 Å². The largest absolute Gasteiger partial charge is 0.495 e. The van der Waals surface area contributed by atoms with Gasteiger partial charge in [0.05, 0.1) is 18.2 Å². The molecule has 0 spiro atoms. The molecule has 0 heterocycles. The van der Waals surface area contributed by atoms with Crippen molar-refractivity contribution in [2.45, 2.75) is 57.8 Å². The Morgan fingerprint density at radius 2 is 1.82 bits per heavy atom. The van der Waals surface area contributed by atoms with Gasteiger partial charge in [-0.15, -0.1) is 0 Å². The molecule has 0 aromatic heterocycles. The Kier molecular flexibility index (Phi) is 6.21. The summed E-state index contributed by atoms with van der Waals surface area (Å²) in [7, 11) is 1.52. The lowest BCUT2D eigenvalue weighted by atomic mass is 9.66. The first kappa shape index (κ1) is 20.2. The van der Waals surface area contributed by atoms with Crippen molar-refractivity contribution in [2.75, 3.05) is 17.7 Å². The number of carbonyl (C=O) groups excluding carboxylic acids is 2. The van der Waals surface area contributed by atoms with Crippen molar-refractivity contribution in [1.29, 1.82) is 0 Å². The van der Waals surface area contributed by atoms with E-state index >= 15 is 0 Å². The molecule has 152 valence electrons. The summed E-state index contributed by atoms with van der Waals surface area (Å²) in [5.41, 5.74) is 0.0752. The number of amides is 2. The summed E-state index contributed by atoms with van der Waals surface area (Å²) in [5, 5.41) is 15.1. The fourth-order valence-corrected chi connectivity index (χ4v) is 4.07. The maximum absolute atomic E-state index is 12.6. The standard InChI is InChI=1S/C21H28N2O5/c1-28-17-9-8-15(22-18(24)13-21(20(26)27)10-5-11-21)12-16(17)23-19(25)14-6-3-2-4-7-14/h8-9,12,14H,2-7,10-11,13H2,1H3,(H,22,24)(H,23,25)(H,26,27). The zero-order valence-corrected chi connectivity index (χ0v) is 16.3. The third-order valence-electron chi connectivity index (χ3n) is 5.98. The number of anilines is 2. The molecule has 0 bridgehead atoms. The summed E-state index contributed by atoms with van der Waals surface area (Å²) < 4.78 is 5.33. The van der Waals surface area contributed by atoms with Crippen molar-refractivity contribution in [3.8, 4) is 5.75 Å². The van der Waals surface area contributed by atoms with E-state index in [4.69, 9.17) is 4.74 Å². The van der Waals surface area contributed by atoms with Gasteiger partial charge < -0.3 is 20.5 Å². The summed E-state index contributed by atoms with van der Waals surface area (Å²) in [4.78, 5) is 36.4. The van der Waals surface area contributed by atoms with Gasteiger partial charge in [0, 0.05) is 18.0 Å². The predicted molar refractivity (Wildman–Crippen MR) is 105 cm³/mol. The van der Waals surface area contributed by atoms with Crippen LogP contribution in [0.1, 0.15) is 57.8 Å². The lowest BCUT2D eigenvalue weighted by Gasteiger charge is -2.36. The van der Waals surface area contributed by atoms with Crippen molar-refractivity contribution < 1.29 is 24.2 Å². The van der Waals surface area contributed by atoms with Gasteiger partial charge in [-0.25, -0.2) is 0 Å². The maximum atomic E-state index is 12.6. The average Bonchev–Trinajstić information content (AvgIpc) is 2.65. The van der Waals surface area contributed by atoms with Crippen LogP contribution in [0, 0.1) is 11.3 Å². The molecule has 1 aromatic rings. The van der Waals surface area contributed by atoms with Crippen LogP contribution < -0.4 is 15.4 Å². The van der Waals surface area contributed by atoms with Gasteiger partial charge in [-0.1, -0.05) is 25.7 Å². The van der Waals surface area contributed by atoms with Crippen LogP contribution in [-0.4, -0.2) is 30.0 Å². The van der Waals surface area contributed by atoms with Crippen LogP contribution in [0.25, 0.3) is 0 Å². The highest BCUT2D eigenvalue weighted by atomic mass is 16.5. The topological polar surface area (TPSA) is 105 Å².